The van der Waals surface area contributed by atoms with Gasteiger partial charge in [-0.05, 0) is 6.92 Å². The van der Waals surface area contributed by atoms with Crippen LogP contribution in [0.4, 0.5) is 4.39 Å². The summed E-state index contributed by atoms with van der Waals surface area (Å²) in [5.74, 6) is 0.185. The molecular weight excluding hydrogens is 135 g/mol. The van der Waals surface area contributed by atoms with Crippen LogP contribution in [0.1, 0.15) is 22.0 Å². The molecule has 1 aromatic heterocycles. The molecule has 0 amide bonds. The lowest BCUT2D eigenvalue weighted by Crippen LogP contribution is -1.82. The van der Waals surface area contributed by atoms with E-state index in [1.165, 1.54) is 0 Å². The number of nitrogens with one attached hydrogen (secondary N) is 1. The average Bonchev–Trinajstić information content (AvgIpc) is 2.30. The van der Waals surface area contributed by atoms with Crippen molar-refractivity contribution in [1.29, 1.82) is 0 Å². The maximum absolute atomic E-state index is 11.9. The number of alkyl halides is 1. The summed E-state index contributed by atoms with van der Waals surface area (Å²) in [4.78, 5) is 16.3. The maximum Gasteiger partial charge on any atom is 0.185 e. The summed E-state index contributed by atoms with van der Waals surface area (Å²) in [5, 5.41) is 0. The number of rotatable bonds is 2. The molecule has 0 spiro atoms. The van der Waals surface area contributed by atoms with Gasteiger partial charge in [-0.25, -0.2) is 9.37 Å². The van der Waals surface area contributed by atoms with Gasteiger partial charge in [-0.2, -0.15) is 0 Å². The highest BCUT2D eigenvalue weighted by Gasteiger charge is 2.03. The SMILES string of the molecule is Cc1[nH]c(C=O)nc1CF. The van der Waals surface area contributed by atoms with Gasteiger partial charge in [-0.15, -0.1) is 0 Å². The lowest BCUT2D eigenvalue weighted by molar-refractivity contribution is 0.111. The standard InChI is InChI=1S/C6H7FN2O/c1-4-5(2-7)9-6(3-10)8-4/h3H,2H2,1H3,(H,8,9). The van der Waals surface area contributed by atoms with Crippen molar-refractivity contribution in [2.24, 2.45) is 0 Å². The van der Waals surface area contributed by atoms with E-state index in [1.54, 1.807) is 6.92 Å². The van der Waals surface area contributed by atoms with Gasteiger partial charge in [0.05, 0.1) is 5.69 Å². The Bertz CT molecular complexity index is 244. The Morgan fingerprint density at radius 1 is 1.80 bits per heavy atom. The van der Waals surface area contributed by atoms with E-state index in [4.69, 9.17) is 0 Å². The van der Waals surface area contributed by atoms with Crippen LogP contribution in [-0.4, -0.2) is 16.3 Å². The Morgan fingerprint density at radius 2 is 2.50 bits per heavy atom. The van der Waals surface area contributed by atoms with Gasteiger partial charge >= 0.3 is 0 Å². The molecule has 0 radical (unpaired) electrons. The predicted molar refractivity (Wildman–Crippen MR) is 33.5 cm³/mol. The van der Waals surface area contributed by atoms with Crippen molar-refractivity contribution in [3.8, 4) is 0 Å². The van der Waals surface area contributed by atoms with Gasteiger partial charge < -0.3 is 4.98 Å². The third-order valence-electron chi connectivity index (χ3n) is 1.24. The number of aryl methyl sites for hydroxylation is 1. The molecule has 0 bridgehead atoms. The molecular formula is C6H7FN2O. The van der Waals surface area contributed by atoms with Crippen LogP contribution in [0.25, 0.3) is 0 Å². The third-order valence-corrected chi connectivity index (χ3v) is 1.24. The summed E-state index contributed by atoms with van der Waals surface area (Å²) in [6.45, 7) is 1.05. The van der Waals surface area contributed by atoms with Gasteiger partial charge in [-0.3, -0.25) is 4.79 Å². The minimum Gasteiger partial charge on any atom is -0.340 e. The van der Waals surface area contributed by atoms with Gasteiger partial charge in [0.1, 0.15) is 6.67 Å². The highest BCUT2D eigenvalue weighted by Crippen LogP contribution is 2.04. The van der Waals surface area contributed by atoms with Crippen LogP contribution in [0.5, 0.6) is 0 Å². The molecule has 0 aromatic carbocycles. The highest BCUT2D eigenvalue weighted by atomic mass is 19.1. The predicted octanol–water partition coefficient (Wildman–Crippen LogP) is 1.00. The van der Waals surface area contributed by atoms with Gasteiger partial charge in [-0.1, -0.05) is 0 Å². The summed E-state index contributed by atoms with van der Waals surface area (Å²) in [7, 11) is 0. The molecule has 0 aliphatic rings. The van der Waals surface area contributed by atoms with Crippen molar-refractivity contribution in [3.05, 3.63) is 17.2 Å². The smallest absolute Gasteiger partial charge is 0.185 e. The lowest BCUT2D eigenvalue weighted by atomic mass is 10.4. The molecule has 1 aromatic rings. The fraction of sp³-hybridized carbons (Fsp3) is 0.333. The van der Waals surface area contributed by atoms with Crippen molar-refractivity contribution in [3.63, 3.8) is 0 Å². The Kier molecular flexibility index (Phi) is 1.80. The highest BCUT2D eigenvalue weighted by molar-refractivity contribution is 5.69. The Balaban J connectivity index is 3.03. The number of nitrogens with zero attached hydrogens (tertiary/aromatic N) is 1. The summed E-state index contributed by atoms with van der Waals surface area (Å²) < 4.78 is 11.9. The van der Waals surface area contributed by atoms with Crippen LogP contribution in [0, 0.1) is 6.92 Å². The topological polar surface area (TPSA) is 45.8 Å². The van der Waals surface area contributed by atoms with E-state index in [2.05, 4.69) is 9.97 Å². The maximum atomic E-state index is 11.9. The second-order valence-electron chi connectivity index (χ2n) is 1.95. The van der Waals surface area contributed by atoms with E-state index >= 15 is 0 Å². The van der Waals surface area contributed by atoms with Crippen LogP contribution >= 0.6 is 0 Å². The number of aromatic amines is 1. The summed E-state index contributed by atoms with van der Waals surface area (Å²) in [5.41, 5.74) is 0.923. The molecule has 4 heteroatoms. The fourth-order valence-corrected chi connectivity index (χ4v) is 0.707. The molecule has 0 unspecified atom stereocenters. The monoisotopic (exact) mass is 142 g/mol. The number of H-pyrrole nitrogens is 1. The Hall–Kier alpha value is -1.19. The van der Waals surface area contributed by atoms with E-state index < -0.39 is 6.67 Å². The Morgan fingerprint density at radius 3 is 2.80 bits per heavy atom. The first kappa shape index (κ1) is 6.92. The summed E-state index contributed by atoms with van der Waals surface area (Å²) in [6, 6.07) is 0. The number of carbonyl (C=O) groups excluding carboxylic acids is 1. The van der Waals surface area contributed by atoms with Gasteiger partial charge in [0, 0.05) is 5.69 Å². The van der Waals surface area contributed by atoms with Gasteiger partial charge in [0.25, 0.3) is 0 Å². The van der Waals surface area contributed by atoms with E-state index in [1.807, 2.05) is 0 Å². The van der Waals surface area contributed by atoms with E-state index in [0.717, 1.165) is 0 Å². The third kappa shape index (κ3) is 1.05. The molecule has 0 aliphatic carbocycles. The summed E-state index contributed by atoms with van der Waals surface area (Å²) >= 11 is 0. The normalized spacial score (nSPS) is 9.80. The molecule has 54 valence electrons. The molecule has 10 heavy (non-hydrogen) atoms. The van der Waals surface area contributed by atoms with Crippen LogP contribution in [-0.2, 0) is 6.67 Å². The number of aldehydes is 1. The number of hydrogen-bond acceptors (Lipinski definition) is 2. The zero-order valence-corrected chi connectivity index (χ0v) is 5.52. The molecule has 1 rings (SSSR count). The zero-order chi connectivity index (χ0) is 7.56. The molecule has 0 aliphatic heterocycles. The number of aromatic nitrogens is 2. The van der Waals surface area contributed by atoms with Crippen molar-refractivity contribution < 1.29 is 9.18 Å². The fourth-order valence-electron chi connectivity index (χ4n) is 0.707. The number of halogens is 1. The van der Waals surface area contributed by atoms with Gasteiger partial charge in [0.2, 0.25) is 0 Å². The van der Waals surface area contributed by atoms with Crippen molar-refractivity contribution in [2.45, 2.75) is 13.6 Å². The second kappa shape index (κ2) is 2.60. The van der Waals surface area contributed by atoms with Crippen LogP contribution in [0.2, 0.25) is 0 Å². The minimum absolute atomic E-state index is 0.185. The van der Waals surface area contributed by atoms with Crippen molar-refractivity contribution in [1.82, 2.24) is 9.97 Å². The number of carbonyl (C=O) groups is 1. The molecule has 1 N–H and O–H groups in total. The minimum atomic E-state index is -0.629. The summed E-state index contributed by atoms with van der Waals surface area (Å²) in [6.07, 6.45) is 0.562. The van der Waals surface area contributed by atoms with Crippen LogP contribution in [0.3, 0.4) is 0 Å². The molecule has 3 nitrogen and oxygen atoms in total. The van der Waals surface area contributed by atoms with Crippen LogP contribution in [0.15, 0.2) is 0 Å². The zero-order valence-electron chi connectivity index (χ0n) is 5.52. The van der Waals surface area contributed by atoms with Gasteiger partial charge in [0.15, 0.2) is 12.1 Å². The first-order valence-corrected chi connectivity index (χ1v) is 2.84. The van der Waals surface area contributed by atoms with Crippen molar-refractivity contribution >= 4 is 6.29 Å². The van der Waals surface area contributed by atoms with Crippen molar-refractivity contribution in [2.75, 3.05) is 0 Å². The first-order chi connectivity index (χ1) is 4.77. The molecule has 1 heterocycles. The molecule has 0 atom stereocenters. The van der Waals surface area contributed by atoms with E-state index in [0.29, 0.717) is 17.7 Å². The number of hydrogen-bond donors (Lipinski definition) is 1. The number of imidazole rings is 1. The average molecular weight is 142 g/mol. The molecule has 0 saturated heterocycles. The van der Waals surface area contributed by atoms with E-state index in [-0.39, 0.29) is 5.82 Å². The largest absolute Gasteiger partial charge is 0.340 e. The molecule has 0 saturated carbocycles. The first-order valence-electron chi connectivity index (χ1n) is 2.84. The Labute approximate surface area is 57.3 Å². The lowest BCUT2D eigenvalue weighted by Gasteiger charge is -1.83. The van der Waals surface area contributed by atoms with E-state index in [9.17, 15) is 9.18 Å². The second-order valence-corrected chi connectivity index (χ2v) is 1.95. The molecule has 0 fully saturated rings. The van der Waals surface area contributed by atoms with Crippen LogP contribution < -0.4 is 0 Å². The quantitative estimate of drug-likeness (QED) is 0.626.